The van der Waals surface area contributed by atoms with Gasteiger partial charge in [0.25, 0.3) is 0 Å². The van der Waals surface area contributed by atoms with Gasteiger partial charge >= 0.3 is 6.18 Å². The van der Waals surface area contributed by atoms with Gasteiger partial charge in [-0.25, -0.2) is 8.42 Å². The standard InChI is InChI=1S/C19H29F3N4O2S.HI/c1-4-26(5-2)17(14-6-8-15(9-7-14)19(20,21)22)12-24-18(23-3)25-16-10-11-29(27,28)13-16;/h6-9,16-17H,4-5,10-13H2,1-3H3,(H2,23,24,25);1H. The van der Waals surface area contributed by atoms with E-state index in [9.17, 15) is 21.6 Å². The minimum absolute atomic E-state index is 0. The molecular formula is C19H30F3IN4O2S. The minimum Gasteiger partial charge on any atom is -0.354 e. The summed E-state index contributed by atoms with van der Waals surface area (Å²) in [5.41, 5.74) is 0.0977. The van der Waals surface area contributed by atoms with Crippen molar-refractivity contribution in [3.05, 3.63) is 35.4 Å². The van der Waals surface area contributed by atoms with Crippen LogP contribution in [0.1, 0.15) is 37.4 Å². The van der Waals surface area contributed by atoms with Crippen LogP contribution in [0.15, 0.2) is 29.3 Å². The van der Waals surface area contributed by atoms with Crippen LogP contribution < -0.4 is 10.6 Å². The summed E-state index contributed by atoms with van der Waals surface area (Å²) in [5, 5.41) is 6.32. The molecule has 2 atom stereocenters. The molecule has 2 rings (SSSR count). The second-order valence-corrected chi connectivity index (χ2v) is 9.28. The third-order valence-corrected chi connectivity index (χ3v) is 6.90. The number of alkyl halides is 3. The maximum absolute atomic E-state index is 12.9. The average molecular weight is 562 g/mol. The van der Waals surface area contributed by atoms with Crippen LogP contribution in [0, 0.1) is 0 Å². The van der Waals surface area contributed by atoms with Crippen molar-refractivity contribution in [3.63, 3.8) is 0 Å². The number of guanidine groups is 1. The van der Waals surface area contributed by atoms with Gasteiger partial charge in [0.2, 0.25) is 0 Å². The summed E-state index contributed by atoms with van der Waals surface area (Å²) in [6.07, 6.45) is -3.84. The Morgan fingerprint density at radius 2 is 1.83 bits per heavy atom. The highest BCUT2D eigenvalue weighted by Crippen LogP contribution is 2.30. The predicted octanol–water partition coefficient (Wildman–Crippen LogP) is 3.06. The lowest BCUT2D eigenvalue weighted by Gasteiger charge is -2.31. The van der Waals surface area contributed by atoms with Crippen LogP contribution in [0.4, 0.5) is 13.2 Å². The molecule has 2 unspecified atom stereocenters. The molecule has 1 saturated heterocycles. The van der Waals surface area contributed by atoms with Gasteiger partial charge in [-0.15, -0.1) is 24.0 Å². The summed E-state index contributed by atoms with van der Waals surface area (Å²) in [6.45, 7) is 5.88. The number of halogens is 4. The molecule has 30 heavy (non-hydrogen) atoms. The Kier molecular flexibility index (Phi) is 10.3. The Bertz CT molecular complexity index is 797. The molecule has 172 valence electrons. The van der Waals surface area contributed by atoms with E-state index in [1.807, 2.05) is 13.8 Å². The fraction of sp³-hybridized carbons (Fsp3) is 0.632. The molecule has 1 aromatic rings. The molecule has 0 radical (unpaired) electrons. The lowest BCUT2D eigenvalue weighted by atomic mass is 10.0. The molecule has 1 aliphatic rings. The van der Waals surface area contributed by atoms with Gasteiger partial charge in [0.05, 0.1) is 23.1 Å². The van der Waals surface area contributed by atoms with Gasteiger partial charge in [-0.1, -0.05) is 26.0 Å². The van der Waals surface area contributed by atoms with Crippen LogP contribution >= 0.6 is 24.0 Å². The van der Waals surface area contributed by atoms with Crippen LogP contribution in [-0.2, 0) is 16.0 Å². The monoisotopic (exact) mass is 562 g/mol. The van der Waals surface area contributed by atoms with Crippen LogP contribution in [0.25, 0.3) is 0 Å². The van der Waals surface area contributed by atoms with Crippen LogP contribution in [0.2, 0.25) is 0 Å². The van der Waals surface area contributed by atoms with Crippen LogP contribution in [0.5, 0.6) is 0 Å². The molecule has 1 fully saturated rings. The zero-order valence-electron chi connectivity index (χ0n) is 17.4. The van der Waals surface area contributed by atoms with E-state index in [2.05, 4.69) is 20.5 Å². The van der Waals surface area contributed by atoms with Crippen molar-refractivity contribution in [3.8, 4) is 0 Å². The van der Waals surface area contributed by atoms with Crippen molar-refractivity contribution < 1.29 is 21.6 Å². The van der Waals surface area contributed by atoms with E-state index >= 15 is 0 Å². The summed E-state index contributed by atoms with van der Waals surface area (Å²) < 4.78 is 61.9. The van der Waals surface area contributed by atoms with Crippen molar-refractivity contribution in [2.45, 2.75) is 38.5 Å². The van der Waals surface area contributed by atoms with E-state index in [0.717, 1.165) is 30.8 Å². The first-order chi connectivity index (χ1) is 13.6. The van der Waals surface area contributed by atoms with Gasteiger partial charge in [0.1, 0.15) is 0 Å². The molecule has 0 aromatic heterocycles. The summed E-state index contributed by atoms with van der Waals surface area (Å²) in [5.74, 6) is 0.720. The van der Waals surface area contributed by atoms with Gasteiger partial charge in [-0.05, 0) is 37.2 Å². The van der Waals surface area contributed by atoms with Crippen molar-refractivity contribution in [2.75, 3.05) is 38.2 Å². The summed E-state index contributed by atoms with van der Waals surface area (Å²) in [4.78, 5) is 6.30. The highest BCUT2D eigenvalue weighted by Gasteiger charge is 2.31. The van der Waals surface area contributed by atoms with E-state index in [1.54, 1.807) is 7.05 Å². The number of sulfone groups is 1. The van der Waals surface area contributed by atoms with Gasteiger partial charge in [-0.2, -0.15) is 13.2 Å². The Labute approximate surface area is 193 Å². The molecule has 1 heterocycles. The lowest BCUT2D eigenvalue weighted by molar-refractivity contribution is -0.137. The smallest absolute Gasteiger partial charge is 0.354 e. The third-order valence-electron chi connectivity index (χ3n) is 5.14. The zero-order chi connectivity index (χ0) is 21.7. The highest BCUT2D eigenvalue weighted by molar-refractivity contribution is 14.0. The number of aliphatic imine (C=N–C) groups is 1. The zero-order valence-corrected chi connectivity index (χ0v) is 20.5. The molecule has 1 aromatic carbocycles. The minimum atomic E-state index is -4.37. The Balaban J connectivity index is 0.00000450. The molecule has 0 bridgehead atoms. The molecule has 0 aliphatic carbocycles. The molecule has 6 nitrogen and oxygen atoms in total. The Morgan fingerprint density at radius 1 is 1.23 bits per heavy atom. The van der Waals surface area contributed by atoms with Crippen molar-refractivity contribution in [2.24, 2.45) is 4.99 Å². The molecule has 0 amide bonds. The Hall–Kier alpha value is -1.08. The van der Waals surface area contributed by atoms with Crippen molar-refractivity contribution >= 4 is 39.8 Å². The molecule has 2 N–H and O–H groups in total. The van der Waals surface area contributed by atoms with Crippen molar-refractivity contribution in [1.29, 1.82) is 0 Å². The SMILES string of the molecule is CCN(CC)C(CNC(=NC)NC1CCS(=O)(=O)C1)c1ccc(C(F)(F)F)cc1.I. The predicted molar refractivity (Wildman–Crippen MR) is 124 cm³/mol. The van der Waals surface area contributed by atoms with E-state index < -0.39 is 21.6 Å². The fourth-order valence-electron chi connectivity index (χ4n) is 3.51. The van der Waals surface area contributed by atoms with E-state index in [0.29, 0.717) is 18.9 Å². The quantitative estimate of drug-likeness (QED) is 0.304. The molecular weight excluding hydrogens is 532 g/mol. The summed E-state index contributed by atoms with van der Waals surface area (Å²) >= 11 is 0. The van der Waals surface area contributed by atoms with Gasteiger partial charge in [-0.3, -0.25) is 9.89 Å². The number of likely N-dealkylation sites (N-methyl/N-ethyl adjacent to an activating group) is 1. The number of rotatable bonds is 7. The Morgan fingerprint density at radius 3 is 2.27 bits per heavy atom. The van der Waals surface area contributed by atoms with Crippen LogP contribution in [0.3, 0.4) is 0 Å². The van der Waals surface area contributed by atoms with E-state index in [-0.39, 0.29) is 47.6 Å². The topological polar surface area (TPSA) is 73.8 Å². The number of nitrogens with one attached hydrogen (secondary N) is 2. The molecule has 1 aliphatic heterocycles. The number of hydrogen-bond acceptors (Lipinski definition) is 4. The van der Waals surface area contributed by atoms with E-state index in [4.69, 9.17) is 0 Å². The number of hydrogen-bond donors (Lipinski definition) is 2. The highest BCUT2D eigenvalue weighted by atomic mass is 127. The van der Waals surface area contributed by atoms with Gasteiger partial charge < -0.3 is 10.6 Å². The normalized spacial score (nSPS) is 20.0. The second kappa shape index (κ2) is 11.5. The van der Waals surface area contributed by atoms with E-state index in [1.165, 1.54) is 12.1 Å². The average Bonchev–Trinajstić information content (AvgIpc) is 3.01. The fourth-order valence-corrected chi connectivity index (χ4v) is 5.18. The van der Waals surface area contributed by atoms with Crippen molar-refractivity contribution in [1.82, 2.24) is 15.5 Å². The second-order valence-electron chi connectivity index (χ2n) is 7.05. The van der Waals surface area contributed by atoms with Gasteiger partial charge in [0.15, 0.2) is 15.8 Å². The molecule has 0 spiro atoms. The largest absolute Gasteiger partial charge is 0.416 e. The first-order valence-electron chi connectivity index (χ1n) is 9.68. The maximum atomic E-state index is 12.9. The maximum Gasteiger partial charge on any atom is 0.416 e. The summed E-state index contributed by atoms with van der Waals surface area (Å²) in [6, 6.07) is 4.87. The molecule has 11 heteroatoms. The van der Waals surface area contributed by atoms with Gasteiger partial charge in [0, 0.05) is 19.6 Å². The third kappa shape index (κ3) is 7.56. The first kappa shape index (κ1) is 27.0. The lowest BCUT2D eigenvalue weighted by Crippen LogP contribution is -2.47. The number of nitrogens with zero attached hydrogens (tertiary/aromatic N) is 2. The first-order valence-corrected chi connectivity index (χ1v) is 11.5. The summed E-state index contributed by atoms with van der Waals surface area (Å²) in [7, 11) is -1.41. The number of benzene rings is 1. The van der Waals surface area contributed by atoms with Crippen LogP contribution in [-0.4, -0.2) is 63.5 Å². The molecule has 0 saturated carbocycles.